The minimum Gasteiger partial charge on any atom is -0.502 e. The summed E-state index contributed by atoms with van der Waals surface area (Å²) in [4.78, 5) is 26.3. The van der Waals surface area contributed by atoms with Crippen molar-refractivity contribution >= 4 is 51.1 Å². The van der Waals surface area contributed by atoms with E-state index in [0.717, 1.165) is 14.6 Å². The number of para-hydroxylation sites is 1. The van der Waals surface area contributed by atoms with Crippen LogP contribution < -0.4 is 5.43 Å². The maximum atomic E-state index is 11.8. The van der Waals surface area contributed by atoms with Gasteiger partial charge in [-0.05, 0) is 24.3 Å². The fourth-order valence-electron chi connectivity index (χ4n) is 2.02. The quantitative estimate of drug-likeness (QED) is 0.290. The van der Waals surface area contributed by atoms with Crippen LogP contribution in [-0.4, -0.2) is 32.9 Å². The van der Waals surface area contributed by atoms with E-state index in [1.165, 1.54) is 47.5 Å². The summed E-state index contributed by atoms with van der Waals surface area (Å²) in [5, 5.41) is 23.9. The Hall–Kier alpha value is -2.98. The monoisotopic (exact) mass is 388 g/mol. The summed E-state index contributed by atoms with van der Waals surface area (Å²) in [5.41, 5.74) is 3.21. The van der Waals surface area contributed by atoms with Crippen LogP contribution in [0.15, 0.2) is 51.9 Å². The Bertz CT molecular complexity index is 970. The number of nitro benzene ring substituents is 1. The number of phenols is 1. The molecule has 1 heterocycles. The predicted molar refractivity (Wildman–Crippen MR) is 101 cm³/mol. The maximum Gasteiger partial charge on any atom is 0.311 e. The Morgan fingerprint density at radius 1 is 1.38 bits per heavy atom. The van der Waals surface area contributed by atoms with E-state index in [4.69, 9.17) is 0 Å². The maximum absolute atomic E-state index is 11.8. The number of nitrogens with zero attached hydrogens (tertiary/aromatic N) is 3. The fraction of sp³-hybridized carbons (Fsp3) is 0.0625. The standard InChI is InChI=1S/C16H12N4O4S2/c21-13-6-5-10(7-12(13)20(23)24)8-17-19-15(22)9-25-16-18-11-3-1-2-4-14(11)26-16/h1-8,21H,9H2,(H,19,22)/b17-8-. The largest absolute Gasteiger partial charge is 0.502 e. The lowest BCUT2D eigenvalue weighted by Crippen LogP contribution is -2.19. The average Bonchev–Trinajstić information content (AvgIpc) is 3.04. The number of hydrazone groups is 1. The molecular weight excluding hydrogens is 376 g/mol. The summed E-state index contributed by atoms with van der Waals surface area (Å²) < 4.78 is 1.85. The molecule has 0 saturated carbocycles. The molecule has 0 fully saturated rings. The summed E-state index contributed by atoms with van der Waals surface area (Å²) in [6.45, 7) is 0. The lowest BCUT2D eigenvalue weighted by atomic mass is 10.2. The van der Waals surface area contributed by atoms with E-state index in [1.54, 1.807) is 0 Å². The second-order valence-electron chi connectivity index (χ2n) is 5.03. The number of hydrogen-bond donors (Lipinski definition) is 2. The highest BCUT2D eigenvalue weighted by molar-refractivity contribution is 8.01. The lowest BCUT2D eigenvalue weighted by molar-refractivity contribution is -0.385. The molecule has 0 radical (unpaired) electrons. The molecule has 10 heteroatoms. The van der Waals surface area contributed by atoms with Gasteiger partial charge in [-0.1, -0.05) is 23.9 Å². The molecule has 2 N–H and O–H groups in total. The molecule has 0 atom stereocenters. The molecule has 0 aliphatic carbocycles. The van der Waals surface area contributed by atoms with Crippen molar-refractivity contribution in [3.05, 3.63) is 58.1 Å². The number of fused-ring (bicyclic) bond motifs is 1. The smallest absolute Gasteiger partial charge is 0.311 e. The summed E-state index contributed by atoms with van der Waals surface area (Å²) in [6, 6.07) is 11.5. The Morgan fingerprint density at radius 2 is 2.19 bits per heavy atom. The van der Waals surface area contributed by atoms with E-state index < -0.39 is 16.4 Å². The van der Waals surface area contributed by atoms with Crippen molar-refractivity contribution in [1.29, 1.82) is 0 Å². The molecule has 1 amide bonds. The number of rotatable bonds is 6. The Kier molecular flexibility index (Phi) is 5.44. The third kappa shape index (κ3) is 4.35. The number of carbonyl (C=O) groups is 1. The first-order valence-corrected chi connectivity index (χ1v) is 9.11. The molecule has 0 aliphatic heterocycles. The van der Waals surface area contributed by atoms with E-state index >= 15 is 0 Å². The Balaban J connectivity index is 1.54. The van der Waals surface area contributed by atoms with Gasteiger partial charge in [0.25, 0.3) is 5.91 Å². The highest BCUT2D eigenvalue weighted by Crippen LogP contribution is 2.29. The third-order valence-electron chi connectivity index (χ3n) is 3.20. The van der Waals surface area contributed by atoms with Gasteiger partial charge in [-0.3, -0.25) is 14.9 Å². The molecular formula is C16H12N4O4S2. The summed E-state index contributed by atoms with van der Waals surface area (Å²) in [6.07, 6.45) is 1.27. The zero-order chi connectivity index (χ0) is 18.5. The average molecular weight is 388 g/mol. The van der Waals surface area contributed by atoms with Crippen molar-refractivity contribution in [2.45, 2.75) is 4.34 Å². The van der Waals surface area contributed by atoms with E-state index in [9.17, 15) is 20.0 Å². The second-order valence-corrected chi connectivity index (χ2v) is 7.29. The molecule has 1 aromatic heterocycles. The zero-order valence-electron chi connectivity index (χ0n) is 13.2. The number of phenolic OH excluding ortho intramolecular Hbond substituents is 1. The highest BCUT2D eigenvalue weighted by atomic mass is 32.2. The van der Waals surface area contributed by atoms with Crippen molar-refractivity contribution < 1.29 is 14.8 Å². The van der Waals surface area contributed by atoms with Gasteiger partial charge in [-0.15, -0.1) is 11.3 Å². The number of aromatic nitrogens is 1. The molecule has 0 saturated heterocycles. The topological polar surface area (TPSA) is 118 Å². The van der Waals surface area contributed by atoms with Crippen LogP contribution in [0.2, 0.25) is 0 Å². The number of carbonyl (C=O) groups excluding carboxylic acids is 1. The number of hydrogen-bond acceptors (Lipinski definition) is 8. The van der Waals surface area contributed by atoms with Crippen LogP contribution in [-0.2, 0) is 4.79 Å². The van der Waals surface area contributed by atoms with Gasteiger partial charge < -0.3 is 5.11 Å². The van der Waals surface area contributed by atoms with E-state index in [0.29, 0.717) is 5.56 Å². The van der Waals surface area contributed by atoms with Crippen LogP contribution in [0.4, 0.5) is 5.69 Å². The number of aromatic hydroxyl groups is 1. The molecule has 3 aromatic rings. The molecule has 0 bridgehead atoms. The van der Waals surface area contributed by atoms with Gasteiger partial charge in [0.2, 0.25) is 0 Å². The number of thioether (sulfide) groups is 1. The molecule has 3 rings (SSSR count). The van der Waals surface area contributed by atoms with Crippen LogP contribution in [0.5, 0.6) is 5.75 Å². The predicted octanol–water partition coefficient (Wildman–Crippen LogP) is 3.15. The first-order chi connectivity index (χ1) is 12.5. The van der Waals surface area contributed by atoms with Crippen molar-refractivity contribution in [2.24, 2.45) is 5.10 Å². The van der Waals surface area contributed by atoms with Crippen molar-refractivity contribution in [1.82, 2.24) is 10.4 Å². The minimum absolute atomic E-state index is 0.146. The molecule has 0 unspecified atom stereocenters. The van der Waals surface area contributed by atoms with Crippen molar-refractivity contribution in [2.75, 3.05) is 5.75 Å². The van der Waals surface area contributed by atoms with E-state index in [-0.39, 0.29) is 11.7 Å². The first-order valence-electron chi connectivity index (χ1n) is 7.30. The van der Waals surface area contributed by atoms with Gasteiger partial charge in [-0.25, -0.2) is 10.4 Å². The molecule has 0 spiro atoms. The van der Waals surface area contributed by atoms with Gasteiger partial charge >= 0.3 is 5.69 Å². The Morgan fingerprint density at radius 3 is 2.96 bits per heavy atom. The summed E-state index contributed by atoms with van der Waals surface area (Å²) in [5.74, 6) is -0.602. The molecule has 0 aliphatic rings. The van der Waals surface area contributed by atoms with Crippen molar-refractivity contribution in [3.63, 3.8) is 0 Å². The molecule has 2 aromatic carbocycles. The third-order valence-corrected chi connectivity index (χ3v) is 5.38. The molecule has 26 heavy (non-hydrogen) atoms. The summed E-state index contributed by atoms with van der Waals surface area (Å²) >= 11 is 2.82. The number of nitrogens with one attached hydrogen (secondary N) is 1. The molecule has 8 nitrogen and oxygen atoms in total. The molecule has 132 valence electrons. The second kappa shape index (κ2) is 7.93. The summed E-state index contributed by atoms with van der Waals surface area (Å²) in [7, 11) is 0. The number of amides is 1. The fourth-order valence-corrected chi connectivity index (χ4v) is 3.88. The normalized spacial score (nSPS) is 11.1. The van der Waals surface area contributed by atoms with Gasteiger partial charge in [0.1, 0.15) is 0 Å². The SMILES string of the molecule is O=C(CSc1nc2ccccc2s1)N/N=C\c1ccc(O)c([N+](=O)[O-])c1. The zero-order valence-corrected chi connectivity index (χ0v) is 14.8. The van der Waals surface area contributed by atoms with Gasteiger partial charge in [0, 0.05) is 11.6 Å². The minimum atomic E-state index is -0.695. The van der Waals surface area contributed by atoms with E-state index in [2.05, 4.69) is 15.5 Å². The van der Waals surface area contributed by atoms with Gasteiger partial charge in [-0.2, -0.15) is 5.10 Å². The first kappa shape index (κ1) is 17.8. The van der Waals surface area contributed by atoms with Crippen LogP contribution in [0.25, 0.3) is 10.2 Å². The number of nitro groups is 1. The highest BCUT2D eigenvalue weighted by Gasteiger charge is 2.12. The van der Waals surface area contributed by atoms with Crippen LogP contribution in [0.1, 0.15) is 5.56 Å². The van der Waals surface area contributed by atoms with Gasteiger partial charge in [0.05, 0.1) is 27.1 Å². The van der Waals surface area contributed by atoms with Crippen LogP contribution in [0, 0.1) is 10.1 Å². The van der Waals surface area contributed by atoms with Crippen LogP contribution >= 0.6 is 23.1 Å². The van der Waals surface area contributed by atoms with Crippen molar-refractivity contribution in [3.8, 4) is 5.75 Å². The van der Waals surface area contributed by atoms with E-state index in [1.807, 2.05) is 24.3 Å². The number of benzene rings is 2. The number of thiazole rings is 1. The van der Waals surface area contributed by atoms with Crippen LogP contribution in [0.3, 0.4) is 0 Å². The van der Waals surface area contributed by atoms with Gasteiger partial charge in [0.15, 0.2) is 10.1 Å². The lowest BCUT2D eigenvalue weighted by Gasteiger charge is -1.99. The Labute approximate surface area is 155 Å².